The number of benzene rings is 1. The Labute approximate surface area is 122 Å². The number of anilines is 2. The van der Waals surface area contributed by atoms with Crippen molar-refractivity contribution in [2.45, 2.75) is 6.42 Å². The topological polar surface area (TPSA) is 54.2 Å². The Morgan fingerprint density at radius 3 is 2.89 bits per heavy atom. The highest BCUT2D eigenvalue weighted by atomic mass is 79.9. The lowest BCUT2D eigenvalue weighted by molar-refractivity contribution is 0.405. The molecule has 5 heteroatoms. The normalized spacial score (nSPS) is 11.2. The number of nitrogens with one attached hydrogen (secondary N) is 1. The van der Waals surface area contributed by atoms with Crippen LogP contribution in [-0.2, 0) is 0 Å². The zero-order valence-electron chi connectivity index (χ0n) is 11.3. The molecule has 0 aliphatic carbocycles. The van der Waals surface area contributed by atoms with Gasteiger partial charge in [-0.05, 0) is 61.2 Å². The summed E-state index contributed by atoms with van der Waals surface area (Å²) < 4.78 is 0.941. The van der Waals surface area contributed by atoms with Crippen molar-refractivity contribution >= 4 is 38.2 Å². The van der Waals surface area contributed by atoms with Gasteiger partial charge in [-0.15, -0.1) is 0 Å². The van der Waals surface area contributed by atoms with Gasteiger partial charge in [0.25, 0.3) is 0 Å². The Bertz CT molecular complexity index is 569. The van der Waals surface area contributed by atoms with Crippen LogP contribution >= 0.6 is 15.9 Å². The van der Waals surface area contributed by atoms with Crippen LogP contribution in [0.4, 0.5) is 11.4 Å². The first-order chi connectivity index (χ1) is 9.08. The van der Waals surface area contributed by atoms with E-state index in [2.05, 4.69) is 45.2 Å². The Hall–Kier alpha value is -1.33. The van der Waals surface area contributed by atoms with Gasteiger partial charge in [0.2, 0.25) is 0 Å². The Kier molecular flexibility index (Phi) is 4.61. The predicted molar refractivity (Wildman–Crippen MR) is 85.5 cm³/mol. The fourth-order valence-corrected chi connectivity index (χ4v) is 2.31. The lowest BCUT2D eigenvalue weighted by Gasteiger charge is -2.13. The molecule has 0 aliphatic rings. The van der Waals surface area contributed by atoms with Crippen LogP contribution in [0.15, 0.2) is 28.9 Å². The van der Waals surface area contributed by atoms with E-state index in [4.69, 9.17) is 5.73 Å². The van der Waals surface area contributed by atoms with E-state index in [1.807, 2.05) is 18.2 Å². The molecule has 0 unspecified atom stereocenters. The second-order valence-corrected chi connectivity index (χ2v) is 5.75. The van der Waals surface area contributed by atoms with Gasteiger partial charge in [0, 0.05) is 28.3 Å². The molecule has 0 amide bonds. The van der Waals surface area contributed by atoms with Crippen molar-refractivity contribution in [3.63, 3.8) is 0 Å². The number of nitrogens with two attached hydrogens (primary N) is 1. The zero-order valence-corrected chi connectivity index (χ0v) is 12.9. The summed E-state index contributed by atoms with van der Waals surface area (Å²) in [6.07, 6.45) is 2.89. The lowest BCUT2D eigenvalue weighted by Crippen LogP contribution is -2.16. The first-order valence-electron chi connectivity index (χ1n) is 6.30. The SMILES string of the molecule is CN(C)CCCNc1ccc(N)c2cc(Br)cnc12. The van der Waals surface area contributed by atoms with Crippen molar-refractivity contribution < 1.29 is 0 Å². The summed E-state index contributed by atoms with van der Waals surface area (Å²) in [4.78, 5) is 6.63. The molecule has 19 heavy (non-hydrogen) atoms. The number of rotatable bonds is 5. The first-order valence-corrected chi connectivity index (χ1v) is 7.09. The molecule has 102 valence electrons. The number of pyridine rings is 1. The predicted octanol–water partition coefficient (Wildman–Crippen LogP) is 2.94. The molecule has 0 saturated carbocycles. The number of halogens is 1. The smallest absolute Gasteiger partial charge is 0.0954 e. The molecule has 4 nitrogen and oxygen atoms in total. The average Bonchev–Trinajstić information content (AvgIpc) is 2.37. The van der Waals surface area contributed by atoms with E-state index in [1.54, 1.807) is 6.20 Å². The van der Waals surface area contributed by atoms with Gasteiger partial charge in [-0.3, -0.25) is 4.98 Å². The van der Waals surface area contributed by atoms with Crippen molar-refractivity contribution in [3.8, 4) is 0 Å². The number of fused-ring (bicyclic) bond motifs is 1. The fraction of sp³-hybridized carbons (Fsp3) is 0.357. The molecule has 3 N–H and O–H groups in total. The summed E-state index contributed by atoms with van der Waals surface area (Å²) in [7, 11) is 4.16. The van der Waals surface area contributed by atoms with Crippen molar-refractivity contribution in [1.82, 2.24) is 9.88 Å². The molecule has 1 aromatic heterocycles. The molecular formula is C14H19BrN4. The van der Waals surface area contributed by atoms with Gasteiger partial charge in [-0.2, -0.15) is 0 Å². The van der Waals surface area contributed by atoms with Crippen LogP contribution in [0.5, 0.6) is 0 Å². The standard InChI is InChI=1S/C14H19BrN4/c1-19(2)7-3-6-17-13-5-4-12(16)11-8-10(15)9-18-14(11)13/h4-5,8-9,17H,3,6-7,16H2,1-2H3. The van der Waals surface area contributed by atoms with E-state index >= 15 is 0 Å². The van der Waals surface area contributed by atoms with Crippen molar-refractivity contribution in [1.29, 1.82) is 0 Å². The van der Waals surface area contributed by atoms with Crippen molar-refractivity contribution in [3.05, 3.63) is 28.9 Å². The first kappa shape index (κ1) is 14.1. The molecule has 0 atom stereocenters. The van der Waals surface area contributed by atoms with Gasteiger partial charge in [-0.1, -0.05) is 0 Å². The summed E-state index contributed by atoms with van der Waals surface area (Å²) in [5.74, 6) is 0. The maximum absolute atomic E-state index is 5.99. The summed E-state index contributed by atoms with van der Waals surface area (Å²) in [5.41, 5.74) is 8.71. The van der Waals surface area contributed by atoms with E-state index in [9.17, 15) is 0 Å². The number of hydrogen-bond acceptors (Lipinski definition) is 4. The van der Waals surface area contributed by atoms with E-state index in [0.717, 1.165) is 46.3 Å². The molecule has 0 spiro atoms. The van der Waals surface area contributed by atoms with Crippen LogP contribution in [0, 0.1) is 0 Å². The molecule has 0 bridgehead atoms. The molecule has 0 radical (unpaired) electrons. The monoisotopic (exact) mass is 322 g/mol. The maximum Gasteiger partial charge on any atom is 0.0954 e. The minimum Gasteiger partial charge on any atom is -0.398 e. The Morgan fingerprint density at radius 2 is 2.16 bits per heavy atom. The largest absolute Gasteiger partial charge is 0.398 e. The summed E-state index contributed by atoms with van der Waals surface area (Å²) >= 11 is 3.43. The molecule has 0 fully saturated rings. The highest BCUT2D eigenvalue weighted by molar-refractivity contribution is 9.10. The lowest BCUT2D eigenvalue weighted by atomic mass is 10.1. The van der Waals surface area contributed by atoms with Crippen LogP contribution in [0.1, 0.15) is 6.42 Å². The molecule has 2 aromatic rings. The highest BCUT2D eigenvalue weighted by Gasteiger charge is 2.06. The van der Waals surface area contributed by atoms with Crippen molar-refractivity contribution in [2.75, 3.05) is 38.2 Å². The summed E-state index contributed by atoms with van der Waals surface area (Å²) in [5, 5.41) is 4.41. The van der Waals surface area contributed by atoms with Gasteiger partial charge in [-0.25, -0.2) is 0 Å². The van der Waals surface area contributed by atoms with Gasteiger partial charge >= 0.3 is 0 Å². The summed E-state index contributed by atoms with van der Waals surface area (Å²) in [6, 6.07) is 5.92. The Balaban J connectivity index is 2.17. The van der Waals surface area contributed by atoms with E-state index in [1.165, 1.54) is 0 Å². The quantitative estimate of drug-likeness (QED) is 0.656. The van der Waals surface area contributed by atoms with E-state index in [-0.39, 0.29) is 0 Å². The second kappa shape index (κ2) is 6.21. The van der Waals surface area contributed by atoms with E-state index in [0.29, 0.717) is 0 Å². The maximum atomic E-state index is 5.99. The third-order valence-electron chi connectivity index (χ3n) is 2.95. The van der Waals surface area contributed by atoms with Crippen LogP contribution in [-0.4, -0.2) is 37.1 Å². The average molecular weight is 323 g/mol. The third-order valence-corrected chi connectivity index (χ3v) is 3.38. The van der Waals surface area contributed by atoms with Crippen LogP contribution in [0.2, 0.25) is 0 Å². The van der Waals surface area contributed by atoms with Crippen LogP contribution in [0.3, 0.4) is 0 Å². The number of nitrogen functional groups attached to an aromatic ring is 1. The fourth-order valence-electron chi connectivity index (χ4n) is 1.98. The number of hydrogen-bond donors (Lipinski definition) is 2. The number of nitrogens with zero attached hydrogens (tertiary/aromatic N) is 2. The minimum absolute atomic E-state index is 0.752. The van der Waals surface area contributed by atoms with Crippen molar-refractivity contribution in [2.24, 2.45) is 0 Å². The third kappa shape index (κ3) is 3.58. The van der Waals surface area contributed by atoms with Gasteiger partial charge in [0.1, 0.15) is 0 Å². The van der Waals surface area contributed by atoms with Crippen LogP contribution in [0.25, 0.3) is 10.9 Å². The van der Waals surface area contributed by atoms with E-state index < -0.39 is 0 Å². The molecule has 0 aliphatic heterocycles. The molecule has 0 saturated heterocycles. The molecule has 2 rings (SSSR count). The Morgan fingerprint density at radius 1 is 1.37 bits per heavy atom. The molecule has 1 heterocycles. The second-order valence-electron chi connectivity index (χ2n) is 4.84. The van der Waals surface area contributed by atoms with Crippen LogP contribution < -0.4 is 11.1 Å². The molecular weight excluding hydrogens is 304 g/mol. The minimum atomic E-state index is 0.752. The zero-order chi connectivity index (χ0) is 13.8. The van der Waals surface area contributed by atoms with Gasteiger partial charge in [0.15, 0.2) is 0 Å². The summed E-state index contributed by atoms with van der Waals surface area (Å²) in [6.45, 7) is 1.99. The number of aromatic nitrogens is 1. The molecule has 1 aromatic carbocycles. The highest BCUT2D eigenvalue weighted by Crippen LogP contribution is 2.28. The van der Waals surface area contributed by atoms with Gasteiger partial charge in [0.05, 0.1) is 11.2 Å². The van der Waals surface area contributed by atoms with Gasteiger partial charge < -0.3 is 16.0 Å².